The molecule has 0 radical (unpaired) electrons. The van der Waals surface area contributed by atoms with Crippen LogP contribution in [0, 0.1) is 0 Å². The van der Waals surface area contributed by atoms with E-state index in [9.17, 15) is 14.4 Å². The number of carbonyl (C=O) groups is 3. The molecule has 0 spiro atoms. The van der Waals surface area contributed by atoms with Crippen LogP contribution in [0.25, 0.3) is 0 Å². The van der Waals surface area contributed by atoms with Crippen LogP contribution >= 0.6 is 11.8 Å². The first-order valence-electron chi connectivity index (χ1n) is 6.27. The summed E-state index contributed by atoms with van der Waals surface area (Å²) in [6, 6.07) is 5.19. The number of likely N-dealkylation sites (N-methyl/N-ethyl adjacent to an activating group) is 1. The zero-order valence-electron chi connectivity index (χ0n) is 11.6. The monoisotopic (exact) mass is 292 g/mol. The largest absolute Gasteiger partial charge is 0.358 e. The van der Waals surface area contributed by atoms with Crippen molar-refractivity contribution in [3.05, 3.63) is 23.8 Å². The number of benzene rings is 1. The maximum atomic E-state index is 12.2. The van der Waals surface area contributed by atoms with E-state index in [0.29, 0.717) is 11.3 Å². The van der Waals surface area contributed by atoms with Gasteiger partial charge in [-0.1, -0.05) is 0 Å². The van der Waals surface area contributed by atoms with Crippen LogP contribution in [0.1, 0.15) is 24.2 Å². The molecule has 2 amide bonds. The van der Waals surface area contributed by atoms with Crippen LogP contribution in [-0.2, 0) is 9.59 Å². The average molecular weight is 292 g/mol. The summed E-state index contributed by atoms with van der Waals surface area (Å²) in [5, 5.41) is 2.25. The SMILES string of the molecule is CNC(=O)CN1C(=O)C(C)Sc2cc(C(C)=O)ccc21. The lowest BCUT2D eigenvalue weighted by atomic mass is 10.1. The Bertz CT molecular complexity index is 586. The van der Waals surface area contributed by atoms with Gasteiger partial charge in [-0.25, -0.2) is 0 Å². The molecule has 1 heterocycles. The second-order valence-corrected chi connectivity index (χ2v) is 5.98. The zero-order chi connectivity index (χ0) is 14.9. The van der Waals surface area contributed by atoms with Gasteiger partial charge in [0.2, 0.25) is 11.8 Å². The zero-order valence-corrected chi connectivity index (χ0v) is 12.4. The second-order valence-electron chi connectivity index (χ2n) is 4.60. The molecule has 0 saturated heterocycles. The minimum absolute atomic E-state index is 0.00729. The molecule has 20 heavy (non-hydrogen) atoms. The van der Waals surface area contributed by atoms with Crippen molar-refractivity contribution in [2.75, 3.05) is 18.5 Å². The number of nitrogens with zero attached hydrogens (tertiary/aromatic N) is 1. The normalized spacial score (nSPS) is 17.6. The maximum absolute atomic E-state index is 12.2. The highest BCUT2D eigenvalue weighted by Crippen LogP contribution is 2.39. The van der Waals surface area contributed by atoms with Crippen molar-refractivity contribution in [3.63, 3.8) is 0 Å². The van der Waals surface area contributed by atoms with Gasteiger partial charge in [-0.15, -0.1) is 11.8 Å². The highest BCUT2D eigenvalue weighted by molar-refractivity contribution is 8.01. The first-order valence-corrected chi connectivity index (χ1v) is 7.15. The Morgan fingerprint density at radius 1 is 1.40 bits per heavy atom. The molecule has 0 aromatic heterocycles. The third-order valence-electron chi connectivity index (χ3n) is 3.16. The molecular formula is C14H16N2O3S. The Morgan fingerprint density at radius 2 is 2.10 bits per heavy atom. The maximum Gasteiger partial charge on any atom is 0.240 e. The highest BCUT2D eigenvalue weighted by Gasteiger charge is 2.32. The number of fused-ring (bicyclic) bond motifs is 1. The highest BCUT2D eigenvalue weighted by atomic mass is 32.2. The van der Waals surface area contributed by atoms with Gasteiger partial charge in [0, 0.05) is 17.5 Å². The number of ketones is 1. The van der Waals surface area contributed by atoms with Gasteiger partial charge in [0.05, 0.1) is 10.9 Å². The third-order valence-corrected chi connectivity index (χ3v) is 4.29. The summed E-state index contributed by atoms with van der Waals surface area (Å²) in [5.41, 5.74) is 1.30. The molecule has 6 heteroatoms. The van der Waals surface area contributed by atoms with Crippen molar-refractivity contribution >= 4 is 35.0 Å². The van der Waals surface area contributed by atoms with Crippen LogP contribution in [0.5, 0.6) is 0 Å². The topological polar surface area (TPSA) is 66.5 Å². The Balaban J connectivity index is 2.42. The number of carbonyl (C=O) groups excluding carboxylic acids is 3. The lowest BCUT2D eigenvalue weighted by molar-refractivity contribution is -0.123. The minimum Gasteiger partial charge on any atom is -0.358 e. The smallest absolute Gasteiger partial charge is 0.240 e. The summed E-state index contributed by atoms with van der Waals surface area (Å²) in [4.78, 5) is 37.5. The summed E-state index contributed by atoms with van der Waals surface area (Å²) in [5.74, 6) is -0.337. The van der Waals surface area contributed by atoms with E-state index in [1.54, 1.807) is 25.1 Å². The van der Waals surface area contributed by atoms with E-state index < -0.39 is 0 Å². The summed E-state index contributed by atoms with van der Waals surface area (Å²) in [6.07, 6.45) is 0. The van der Waals surface area contributed by atoms with Crippen molar-refractivity contribution in [2.24, 2.45) is 0 Å². The first-order chi connectivity index (χ1) is 9.43. The Morgan fingerprint density at radius 3 is 2.70 bits per heavy atom. The molecule has 1 aromatic rings. The van der Waals surface area contributed by atoms with Gasteiger partial charge < -0.3 is 10.2 Å². The number of hydrogen-bond acceptors (Lipinski definition) is 4. The number of Topliss-reactive ketones (excluding diaryl/α,β-unsaturated/α-hetero) is 1. The van der Waals surface area contributed by atoms with E-state index in [1.807, 2.05) is 0 Å². The Labute approximate surface area is 121 Å². The van der Waals surface area contributed by atoms with Gasteiger partial charge in [-0.05, 0) is 32.0 Å². The molecule has 1 N–H and O–H groups in total. The van der Waals surface area contributed by atoms with E-state index in [2.05, 4.69) is 5.32 Å². The van der Waals surface area contributed by atoms with Gasteiger partial charge in [0.25, 0.3) is 0 Å². The van der Waals surface area contributed by atoms with Gasteiger partial charge in [-0.2, -0.15) is 0 Å². The molecule has 5 nitrogen and oxygen atoms in total. The molecule has 0 bridgehead atoms. The average Bonchev–Trinajstić information content (AvgIpc) is 2.42. The van der Waals surface area contributed by atoms with Gasteiger partial charge in [0.1, 0.15) is 6.54 Å². The second kappa shape index (κ2) is 5.66. The number of hydrogen-bond donors (Lipinski definition) is 1. The number of amides is 2. The molecule has 106 valence electrons. The molecule has 1 aliphatic rings. The minimum atomic E-state index is -0.269. The van der Waals surface area contributed by atoms with Crippen LogP contribution in [-0.4, -0.2) is 36.4 Å². The van der Waals surface area contributed by atoms with Crippen LogP contribution in [0.3, 0.4) is 0 Å². The van der Waals surface area contributed by atoms with Gasteiger partial charge in [-0.3, -0.25) is 14.4 Å². The molecule has 1 unspecified atom stereocenters. The molecule has 1 aliphatic heterocycles. The van der Waals surface area contributed by atoms with Gasteiger partial charge in [0.15, 0.2) is 5.78 Å². The number of nitrogens with one attached hydrogen (secondary N) is 1. The fourth-order valence-electron chi connectivity index (χ4n) is 2.02. The summed E-state index contributed by atoms with van der Waals surface area (Å²) < 4.78 is 0. The molecular weight excluding hydrogens is 276 g/mol. The van der Waals surface area contributed by atoms with Crippen LogP contribution < -0.4 is 10.2 Å². The standard InChI is InChI=1S/C14H16N2O3S/c1-8(17)10-4-5-11-12(6-10)20-9(2)14(19)16(11)7-13(18)15-3/h4-6,9H,7H2,1-3H3,(H,15,18). The third kappa shape index (κ3) is 2.70. The summed E-state index contributed by atoms with van der Waals surface area (Å²) in [6.45, 7) is 3.30. The fourth-order valence-corrected chi connectivity index (χ4v) is 3.12. The van der Waals surface area contributed by atoms with Gasteiger partial charge >= 0.3 is 0 Å². The van der Waals surface area contributed by atoms with E-state index in [4.69, 9.17) is 0 Å². The first kappa shape index (κ1) is 14.6. The molecule has 0 aliphatic carbocycles. The van der Waals surface area contributed by atoms with Crippen molar-refractivity contribution in [1.82, 2.24) is 5.32 Å². The van der Waals surface area contributed by atoms with E-state index in [1.165, 1.54) is 30.6 Å². The predicted octanol–water partition coefficient (Wildman–Crippen LogP) is 1.46. The number of rotatable bonds is 3. The lowest BCUT2D eigenvalue weighted by Crippen LogP contribution is -2.45. The van der Waals surface area contributed by atoms with Crippen LogP contribution in [0.2, 0.25) is 0 Å². The molecule has 1 atom stereocenters. The van der Waals surface area contributed by atoms with Crippen LogP contribution in [0.15, 0.2) is 23.1 Å². The lowest BCUT2D eigenvalue weighted by Gasteiger charge is -2.32. The molecule has 1 aromatic carbocycles. The Kier molecular flexibility index (Phi) is 4.13. The fraction of sp³-hybridized carbons (Fsp3) is 0.357. The number of anilines is 1. The molecule has 0 fully saturated rings. The quantitative estimate of drug-likeness (QED) is 0.857. The molecule has 0 saturated carbocycles. The van der Waals surface area contributed by atoms with Crippen molar-refractivity contribution < 1.29 is 14.4 Å². The van der Waals surface area contributed by atoms with Crippen molar-refractivity contribution in [3.8, 4) is 0 Å². The predicted molar refractivity (Wildman–Crippen MR) is 78.2 cm³/mol. The van der Waals surface area contributed by atoms with Crippen molar-refractivity contribution in [2.45, 2.75) is 24.0 Å². The van der Waals surface area contributed by atoms with E-state index in [-0.39, 0.29) is 29.4 Å². The summed E-state index contributed by atoms with van der Waals surface area (Å²) in [7, 11) is 1.54. The van der Waals surface area contributed by atoms with E-state index in [0.717, 1.165) is 4.90 Å². The number of thioether (sulfide) groups is 1. The Hall–Kier alpha value is -1.82. The summed E-state index contributed by atoms with van der Waals surface area (Å²) >= 11 is 1.41. The van der Waals surface area contributed by atoms with E-state index >= 15 is 0 Å². The molecule has 2 rings (SSSR count). The van der Waals surface area contributed by atoms with Crippen molar-refractivity contribution in [1.29, 1.82) is 0 Å². The van der Waals surface area contributed by atoms with Crippen LogP contribution in [0.4, 0.5) is 5.69 Å².